The van der Waals surface area contributed by atoms with Crippen LogP contribution in [0.4, 0.5) is 5.69 Å². The van der Waals surface area contributed by atoms with E-state index in [0.717, 1.165) is 23.2 Å². The van der Waals surface area contributed by atoms with Gasteiger partial charge in [0.2, 0.25) is 5.91 Å². The van der Waals surface area contributed by atoms with Gasteiger partial charge in [-0.2, -0.15) is 0 Å². The second kappa shape index (κ2) is 11.2. The zero-order valence-corrected chi connectivity index (χ0v) is 21.2. The summed E-state index contributed by atoms with van der Waals surface area (Å²) in [7, 11) is 1.58. The van der Waals surface area contributed by atoms with Crippen molar-refractivity contribution in [2.75, 3.05) is 24.8 Å². The molecule has 1 N–H and O–H groups in total. The maximum atomic E-state index is 13.5. The van der Waals surface area contributed by atoms with Crippen LogP contribution in [0.5, 0.6) is 0 Å². The summed E-state index contributed by atoms with van der Waals surface area (Å²) in [5.74, 6) is -0.0340. The molecule has 1 amide bonds. The van der Waals surface area contributed by atoms with Crippen molar-refractivity contribution in [2.45, 2.75) is 25.0 Å². The number of methoxy groups -OCH3 is 1. The minimum atomic E-state index is -0.170. The maximum absolute atomic E-state index is 13.5. The van der Waals surface area contributed by atoms with Crippen molar-refractivity contribution in [1.82, 2.24) is 9.55 Å². The van der Waals surface area contributed by atoms with Crippen LogP contribution in [0.3, 0.4) is 0 Å². The number of halogens is 1. The number of thiophene rings is 1. The average molecular weight is 514 g/mol. The number of thioether (sulfide) groups is 1. The predicted molar refractivity (Wildman–Crippen MR) is 141 cm³/mol. The molecule has 34 heavy (non-hydrogen) atoms. The summed E-state index contributed by atoms with van der Waals surface area (Å²) in [6.45, 7) is 2.77. The first-order valence-electron chi connectivity index (χ1n) is 10.8. The normalized spacial score (nSPS) is 11.1. The highest BCUT2D eigenvalue weighted by molar-refractivity contribution is 7.99. The fourth-order valence-electron chi connectivity index (χ4n) is 3.52. The first-order chi connectivity index (χ1) is 16.5. The number of nitrogens with zero attached hydrogens (tertiary/aromatic N) is 2. The topological polar surface area (TPSA) is 73.2 Å². The molecule has 4 rings (SSSR count). The number of benzene rings is 2. The van der Waals surface area contributed by atoms with Crippen LogP contribution < -0.4 is 10.9 Å². The number of carbonyl (C=O) groups is 1. The fourth-order valence-corrected chi connectivity index (χ4v) is 5.57. The molecular formula is C25H24ClN3O3S2. The molecule has 0 saturated carbocycles. The molecule has 0 radical (unpaired) electrons. The summed E-state index contributed by atoms with van der Waals surface area (Å²) in [5.41, 5.74) is 3.33. The van der Waals surface area contributed by atoms with Gasteiger partial charge in [0.25, 0.3) is 5.56 Å². The molecule has 0 bridgehead atoms. The van der Waals surface area contributed by atoms with Crippen LogP contribution in [0.2, 0.25) is 5.02 Å². The van der Waals surface area contributed by atoms with Crippen LogP contribution in [0.15, 0.2) is 63.9 Å². The molecule has 0 fully saturated rings. The van der Waals surface area contributed by atoms with E-state index in [1.807, 2.05) is 47.8 Å². The molecule has 176 valence electrons. The largest absolute Gasteiger partial charge is 0.383 e. The number of aromatic nitrogens is 2. The summed E-state index contributed by atoms with van der Waals surface area (Å²) in [4.78, 5) is 31.4. The SMILES string of the molecule is CCc1ccc(NC(=O)CSc2nc3scc(-c4ccccc4Cl)c3c(=O)n2CCOC)cc1. The summed E-state index contributed by atoms with van der Waals surface area (Å²) in [6.07, 6.45) is 0.943. The fraction of sp³-hybridized carbons (Fsp3) is 0.240. The molecule has 0 aliphatic carbocycles. The number of ether oxygens (including phenoxy) is 1. The van der Waals surface area contributed by atoms with Crippen molar-refractivity contribution >= 4 is 56.5 Å². The van der Waals surface area contributed by atoms with Crippen molar-refractivity contribution in [3.05, 3.63) is 74.9 Å². The molecule has 6 nitrogen and oxygen atoms in total. The Bertz CT molecular complexity index is 1370. The number of carbonyl (C=O) groups excluding carboxylic acids is 1. The lowest BCUT2D eigenvalue weighted by Crippen LogP contribution is -2.25. The summed E-state index contributed by atoms with van der Waals surface area (Å²) < 4.78 is 6.79. The molecule has 9 heteroatoms. The van der Waals surface area contributed by atoms with Gasteiger partial charge >= 0.3 is 0 Å². The summed E-state index contributed by atoms with van der Waals surface area (Å²) in [5, 5.41) is 6.39. The van der Waals surface area contributed by atoms with Gasteiger partial charge in [0.15, 0.2) is 5.16 Å². The van der Waals surface area contributed by atoms with E-state index in [1.165, 1.54) is 28.7 Å². The quantitative estimate of drug-likeness (QED) is 0.229. The number of amides is 1. The molecule has 2 aromatic carbocycles. The highest BCUT2D eigenvalue weighted by Gasteiger charge is 2.19. The van der Waals surface area contributed by atoms with Crippen molar-refractivity contribution in [3.8, 4) is 11.1 Å². The molecule has 0 saturated heterocycles. The zero-order valence-electron chi connectivity index (χ0n) is 18.8. The number of nitrogens with one attached hydrogen (secondary N) is 1. The third-order valence-electron chi connectivity index (χ3n) is 5.32. The van der Waals surface area contributed by atoms with Crippen LogP contribution >= 0.6 is 34.7 Å². The van der Waals surface area contributed by atoms with Crippen molar-refractivity contribution in [3.63, 3.8) is 0 Å². The lowest BCUT2D eigenvalue weighted by atomic mass is 10.1. The average Bonchev–Trinajstić information content (AvgIpc) is 3.27. The van der Waals surface area contributed by atoms with Crippen molar-refractivity contribution < 1.29 is 9.53 Å². The van der Waals surface area contributed by atoms with Crippen molar-refractivity contribution in [1.29, 1.82) is 0 Å². The van der Waals surface area contributed by atoms with E-state index in [0.29, 0.717) is 33.5 Å². The van der Waals surface area contributed by atoms with E-state index in [9.17, 15) is 9.59 Å². The van der Waals surface area contributed by atoms with Crippen LogP contribution in [-0.2, 0) is 22.5 Å². The summed E-state index contributed by atoms with van der Waals surface area (Å²) >= 11 is 9.02. The Morgan fingerprint density at radius 2 is 1.94 bits per heavy atom. The minimum Gasteiger partial charge on any atom is -0.383 e. The molecule has 0 spiro atoms. The van der Waals surface area contributed by atoms with E-state index < -0.39 is 0 Å². The highest BCUT2D eigenvalue weighted by Crippen LogP contribution is 2.35. The van der Waals surface area contributed by atoms with E-state index in [2.05, 4.69) is 12.2 Å². The standard InChI is InChI=1S/C25H24ClN3O3S2/c1-3-16-8-10-17(11-9-16)27-21(30)15-34-25-28-23-22(24(31)29(25)12-13-32-2)19(14-33-23)18-6-4-5-7-20(18)26/h4-11,14H,3,12-13,15H2,1-2H3,(H,27,30). The van der Waals surface area contributed by atoms with Gasteiger partial charge < -0.3 is 10.1 Å². The zero-order chi connectivity index (χ0) is 24.1. The van der Waals surface area contributed by atoms with Gasteiger partial charge in [-0.15, -0.1) is 11.3 Å². The molecule has 2 heterocycles. The van der Waals surface area contributed by atoms with Gasteiger partial charge in [0.1, 0.15) is 4.83 Å². The van der Waals surface area contributed by atoms with E-state index >= 15 is 0 Å². The van der Waals surface area contributed by atoms with Gasteiger partial charge in [-0.05, 0) is 30.2 Å². The Hall–Kier alpha value is -2.65. The minimum absolute atomic E-state index is 0.128. The number of hydrogen-bond acceptors (Lipinski definition) is 6. The number of fused-ring (bicyclic) bond motifs is 1. The monoisotopic (exact) mass is 513 g/mol. The third-order valence-corrected chi connectivity index (χ3v) is 7.50. The van der Waals surface area contributed by atoms with E-state index in [4.69, 9.17) is 21.3 Å². The number of anilines is 1. The van der Waals surface area contributed by atoms with Gasteiger partial charge in [-0.1, -0.05) is 60.6 Å². The second-order valence-corrected chi connectivity index (χ2v) is 9.75. The van der Waals surface area contributed by atoms with Crippen LogP contribution in [0, 0.1) is 0 Å². The van der Waals surface area contributed by atoms with Gasteiger partial charge in [0, 0.05) is 34.3 Å². The Labute approximate surface area is 210 Å². The Morgan fingerprint density at radius 1 is 1.18 bits per heavy atom. The number of aryl methyl sites for hydroxylation is 1. The van der Waals surface area contributed by atoms with Crippen LogP contribution in [0.1, 0.15) is 12.5 Å². The molecule has 4 aromatic rings. The predicted octanol–water partition coefficient (Wildman–Crippen LogP) is 5.72. The highest BCUT2D eigenvalue weighted by atomic mass is 35.5. The molecule has 0 aliphatic heterocycles. The molecule has 0 atom stereocenters. The van der Waals surface area contributed by atoms with Crippen molar-refractivity contribution in [2.24, 2.45) is 0 Å². The first kappa shape index (κ1) is 24.5. The van der Waals surface area contributed by atoms with E-state index in [-0.39, 0.29) is 17.2 Å². The molecule has 2 aromatic heterocycles. The first-order valence-corrected chi connectivity index (χ1v) is 13.0. The maximum Gasteiger partial charge on any atom is 0.263 e. The lowest BCUT2D eigenvalue weighted by molar-refractivity contribution is -0.113. The molecule has 0 aliphatic rings. The Balaban J connectivity index is 1.62. The van der Waals surface area contributed by atoms with Crippen LogP contribution in [0.25, 0.3) is 21.3 Å². The molecule has 0 unspecified atom stereocenters. The number of rotatable bonds is 9. The van der Waals surface area contributed by atoms with Gasteiger partial charge in [-0.25, -0.2) is 4.98 Å². The molecular weight excluding hydrogens is 490 g/mol. The van der Waals surface area contributed by atoms with E-state index in [1.54, 1.807) is 17.7 Å². The second-order valence-electron chi connectivity index (χ2n) is 7.54. The third kappa shape index (κ3) is 5.36. The Kier molecular flexibility index (Phi) is 8.05. The smallest absolute Gasteiger partial charge is 0.263 e. The number of hydrogen-bond donors (Lipinski definition) is 1. The Morgan fingerprint density at radius 3 is 2.65 bits per heavy atom. The summed E-state index contributed by atoms with van der Waals surface area (Å²) in [6, 6.07) is 15.2. The van der Waals surface area contributed by atoms with Gasteiger partial charge in [-0.3, -0.25) is 14.2 Å². The van der Waals surface area contributed by atoms with Gasteiger partial charge in [0.05, 0.1) is 24.3 Å². The van der Waals surface area contributed by atoms with Crippen LogP contribution in [-0.4, -0.2) is 34.9 Å². The lowest BCUT2D eigenvalue weighted by Gasteiger charge is -2.12.